The number of likely N-dealkylation sites (N-methyl/N-ethyl adjacent to an activating group) is 1. The molecule has 0 fully saturated rings. The van der Waals surface area contributed by atoms with E-state index >= 15 is 0 Å². The van der Waals surface area contributed by atoms with E-state index in [2.05, 4.69) is 53.0 Å². The minimum Gasteiger partial charge on any atom is -0.373 e. The van der Waals surface area contributed by atoms with Crippen LogP contribution < -0.4 is 16.0 Å². The number of nitrogens with zero attached hydrogens (tertiary/aromatic N) is 4. The second kappa shape index (κ2) is 7.13. The van der Waals surface area contributed by atoms with Gasteiger partial charge in [0, 0.05) is 32.7 Å². The van der Waals surface area contributed by atoms with Gasteiger partial charge in [-0.2, -0.15) is 9.97 Å². The molecular weight excluding hydrogens is 240 g/mol. The second-order valence-electron chi connectivity index (χ2n) is 5.36. The van der Waals surface area contributed by atoms with Crippen LogP contribution in [0.25, 0.3) is 0 Å². The molecule has 0 saturated carbocycles. The number of nitrogens with one attached hydrogen (secondary N) is 1. The lowest BCUT2D eigenvalue weighted by Gasteiger charge is -2.27. The van der Waals surface area contributed by atoms with E-state index in [1.54, 1.807) is 0 Å². The Morgan fingerprint density at radius 3 is 2.47 bits per heavy atom. The van der Waals surface area contributed by atoms with Crippen LogP contribution in [0.1, 0.15) is 13.8 Å². The van der Waals surface area contributed by atoms with E-state index in [0.717, 1.165) is 31.3 Å². The number of nitrogens with two attached hydrogens (primary N) is 1. The van der Waals surface area contributed by atoms with E-state index in [9.17, 15) is 0 Å². The molecule has 1 aromatic rings. The summed E-state index contributed by atoms with van der Waals surface area (Å²) in [5.74, 6) is 2.50. The molecule has 0 aliphatic heterocycles. The van der Waals surface area contributed by atoms with Gasteiger partial charge in [0.2, 0.25) is 5.95 Å². The van der Waals surface area contributed by atoms with E-state index in [1.165, 1.54) is 0 Å². The van der Waals surface area contributed by atoms with Gasteiger partial charge < -0.3 is 20.9 Å². The lowest BCUT2D eigenvalue weighted by Crippen LogP contribution is -2.35. The molecule has 0 aliphatic carbocycles. The van der Waals surface area contributed by atoms with Crippen LogP contribution in [0.3, 0.4) is 0 Å². The van der Waals surface area contributed by atoms with Crippen molar-refractivity contribution in [3.8, 4) is 0 Å². The first-order chi connectivity index (χ1) is 8.92. The van der Waals surface area contributed by atoms with Crippen LogP contribution in [0.2, 0.25) is 0 Å². The first-order valence-corrected chi connectivity index (χ1v) is 6.64. The average Bonchev–Trinajstić information content (AvgIpc) is 2.32. The smallest absolute Gasteiger partial charge is 0.223 e. The van der Waals surface area contributed by atoms with Crippen molar-refractivity contribution in [2.24, 2.45) is 5.92 Å². The van der Waals surface area contributed by atoms with E-state index in [4.69, 9.17) is 5.73 Å². The van der Waals surface area contributed by atoms with Gasteiger partial charge in [0.1, 0.15) is 11.6 Å². The highest BCUT2D eigenvalue weighted by molar-refractivity contribution is 5.52. The Hall–Kier alpha value is -1.56. The Bertz CT molecular complexity index is 391. The first kappa shape index (κ1) is 15.5. The maximum Gasteiger partial charge on any atom is 0.223 e. The van der Waals surface area contributed by atoms with Crippen molar-refractivity contribution < 1.29 is 0 Å². The van der Waals surface area contributed by atoms with Crippen molar-refractivity contribution in [3.63, 3.8) is 0 Å². The zero-order chi connectivity index (χ0) is 14.4. The molecule has 1 aromatic heterocycles. The Labute approximate surface area is 116 Å². The van der Waals surface area contributed by atoms with Crippen molar-refractivity contribution in [3.05, 3.63) is 6.07 Å². The molecule has 0 aromatic carbocycles. The molecule has 6 nitrogen and oxygen atoms in total. The lowest BCUT2D eigenvalue weighted by atomic mass is 10.2. The van der Waals surface area contributed by atoms with Crippen molar-refractivity contribution >= 4 is 17.6 Å². The third-order valence-electron chi connectivity index (χ3n) is 2.71. The van der Waals surface area contributed by atoms with Crippen LogP contribution in [-0.2, 0) is 0 Å². The summed E-state index contributed by atoms with van der Waals surface area (Å²) in [6.07, 6.45) is 0. The molecule has 19 heavy (non-hydrogen) atoms. The fraction of sp³-hybridized carbons (Fsp3) is 0.692. The highest BCUT2D eigenvalue weighted by atomic mass is 15.2. The van der Waals surface area contributed by atoms with E-state index in [-0.39, 0.29) is 0 Å². The molecule has 6 heteroatoms. The first-order valence-electron chi connectivity index (χ1n) is 6.64. The lowest BCUT2D eigenvalue weighted by molar-refractivity contribution is 0.408. The fourth-order valence-corrected chi connectivity index (χ4v) is 1.80. The Balaban J connectivity index is 2.91. The highest BCUT2D eigenvalue weighted by Gasteiger charge is 2.12. The summed E-state index contributed by atoms with van der Waals surface area (Å²) in [6, 6.07) is 1.94. The topological polar surface area (TPSA) is 70.3 Å². The molecule has 3 N–H and O–H groups in total. The summed E-state index contributed by atoms with van der Waals surface area (Å²) < 4.78 is 0. The summed E-state index contributed by atoms with van der Waals surface area (Å²) in [4.78, 5) is 12.9. The Morgan fingerprint density at radius 1 is 1.26 bits per heavy atom. The molecule has 0 amide bonds. The number of anilines is 3. The van der Waals surface area contributed by atoms with Crippen molar-refractivity contribution in [2.75, 3.05) is 56.7 Å². The monoisotopic (exact) mass is 266 g/mol. The van der Waals surface area contributed by atoms with Crippen LogP contribution in [-0.4, -0.2) is 55.6 Å². The van der Waals surface area contributed by atoms with Gasteiger partial charge in [-0.25, -0.2) is 0 Å². The summed E-state index contributed by atoms with van der Waals surface area (Å²) in [5.41, 5.74) is 5.76. The number of aromatic nitrogens is 2. The molecule has 0 aliphatic rings. The normalized spacial score (nSPS) is 11.1. The summed E-state index contributed by atoms with van der Waals surface area (Å²) in [5, 5.41) is 3.01. The van der Waals surface area contributed by atoms with E-state index in [1.807, 2.05) is 13.1 Å². The molecule has 0 saturated heterocycles. The van der Waals surface area contributed by atoms with Crippen LogP contribution >= 0.6 is 0 Å². The molecule has 0 unspecified atom stereocenters. The number of hydrogen-bond acceptors (Lipinski definition) is 6. The molecule has 0 atom stereocenters. The fourth-order valence-electron chi connectivity index (χ4n) is 1.80. The Kier molecular flexibility index (Phi) is 5.82. The highest BCUT2D eigenvalue weighted by Crippen LogP contribution is 2.17. The number of hydrogen-bond donors (Lipinski definition) is 2. The quantitative estimate of drug-likeness (QED) is 0.771. The molecular formula is C13H26N6. The van der Waals surface area contributed by atoms with Crippen molar-refractivity contribution in [1.82, 2.24) is 14.9 Å². The van der Waals surface area contributed by atoms with Crippen LogP contribution in [0.5, 0.6) is 0 Å². The molecule has 108 valence electrons. The van der Waals surface area contributed by atoms with Gasteiger partial charge in [-0.3, -0.25) is 0 Å². The number of nitrogen functional groups attached to an aromatic ring is 1. The SMILES string of the molecule is CNc1cc(N(CCN(C)C)CC(C)C)nc(N)n1. The van der Waals surface area contributed by atoms with Gasteiger partial charge in [0.15, 0.2) is 0 Å². The maximum atomic E-state index is 5.76. The predicted molar refractivity (Wildman–Crippen MR) is 81.6 cm³/mol. The molecule has 0 bridgehead atoms. The summed E-state index contributed by atoms with van der Waals surface area (Å²) in [7, 11) is 5.97. The molecule has 0 radical (unpaired) electrons. The minimum atomic E-state index is 0.306. The third-order valence-corrected chi connectivity index (χ3v) is 2.71. The maximum absolute atomic E-state index is 5.76. The zero-order valence-electron chi connectivity index (χ0n) is 12.6. The van der Waals surface area contributed by atoms with Crippen molar-refractivity contribution in [2.45, 2.75) is 13.8 Å². The molecule has 0 spiro atoms. The molecule has 1 heterocycles. The minimum absolute atomic E-state index is 0.306. The second-order valence-corrected chi connectivity index (χ2v) is 5.36. The van der Waals surface area contributed by atoms with E-state index < -0.39 is 0 Å². The van der Waals surface area contributed by atoms with Gasteiger partial charge in [-0.1, -0.05) is 13.8 Å². The van der Waals surface area contributed by atoms with Crippen molar-refractivity contribution in [1.29, 1.82) is 0 Å². The summed E-state index contributed by atoms with van der Waals surface area (Å²) >= 11 is 0. The number of rotatable bonds is 7. The predicted octanol–water partition coefficient (Wildman–Crippen LogP) is 1.12. The molecule has 1 rings (SSSR count). The average molecular weight is 266 g/mol. The third kappa shape index (κ3) is 5.30. The van der Waals surface area contributed by atoms with E-state index in [0.29, 0.717) is 11.9 Å². The largest absolute Gasteiger partial charge is 0.373 e. The zero-order valence-corrected chi connectivity index (χ0v) is 12.6. The van der Waals surface area contributed by atoms with Crippen LogP contribution in [0, 0.1) is 5.92 Å². The van der Waals surface area contributed by atoms with Gasteiger partial charge in [0.25, 0.3) is 0 Å². The van der Waals surface area contributed by atoms with Gasteiger partial charge >= 0.3 is 0 Å². The van der Waals surface area contributed by atoms with Crippen LogP contribution in [0.15, 0.2) is 6.07 Å². The summed E-state index contributed by atoms with van der Waals surface area (Å²) in [6.45, 7) is 7.25. The van der Waals surface area contributed by atoms with Gasteiger partial charge in [-0.05, 0) is 20.0 Å². The standard InChI is InChI=1S/C13H26N6/c1-10(2)9-19(7-6-18(4)5)12-8-11(15-3)16-13(14)17-12/h8,10H,6-7,9H2,1-5H3,(H3,14,15,16,17). The van der Waals surface area contributed by atoms with Gasteiger partial charge in [0.05, 0.1) is 0 Å². The van der Waals surface area contributed by atoms with Gasteiger partial charge in [-0.15, -0.1) is 0 Å². The Morgan fingerprint density at radius 2 is 1.95 bits per heavy atom. The van der Waals surface area contributed by atoms with Crippen LogP contribution in [0.4, 0.5) is 17.6 Å².